The van der Waals surface area contributed by atoms with Gasteiger partial charge in [0, 0.05) is 19.1 Å². The summed E-state index contributed by atoms with van der Waals surface area (Å²) in [7, 11) is 1.36. The van der Waals surface area contributed by atoms with E-state index in [1.807, 2.05) is 4.57 Å². The van der Waals surface area contributed by atoms with E-state index in [0.717, 1.165) is 25.5 Å². The van der Waals surface area contributed by atoms with Gasteiger partial charge in [0.2, 0.25) is 0 Å². The number of nitrogens with zero attached hydrogens (tertiary/aromatic N) is 4. The molecule has 1 aromatic heterocycles. The van der Waals surface area contributed by atoms with Gasteiger partial charge in [0.05, 0.1) is 13.7 Å². The van der Waals surface area contributed by atoms with E-state index in [1.54, 1.807) is 13.3 Å². The fourth-order valence-electron chi connectivity index (χ4n) is 2.52. The minimum absolute atomic E-state index is 0.180. The average Bonchev–Trinajstić information content (AvgIpc) is 2.84. The van der Waals surface area contributed by atoms with Crippen molar-refractivity contribution in [2.75, 3.05) is 13.7 Å². The van der Waals surface area contributed by atoms with Crippen molar-refractivity contribution in [3.8, 4) is 0 Å². The third kappa shape index (κ3) is 2.93. The molecule has 0 aliphatic carbocycles. The second-order valence-electron chi connectivity index (χ2n) is 5.37. The van der Waals surface area contributed by atoms with Crippen molar-refractivity contribution in [2.45, 2.75) is 44.9 Å². The van der Waals surface area contributed by atoms with E-state index in [1.165, 1.54) is 7.11 Å². The van der Waals surface area contributed by atoms with Crippen LogP contribution in [0.1, 0.15) is 26.1 Å². The van der Waals surface area contributed by atoms with Crippen molar-refractivity contribution in [1.29, 1.82) is 0 Å². The highest BCUT2D eigenvalue weighted by atomic mass is 16.5. The molecule has 1 aliphatic heterocycles. The van der Waals surface area contributed by atoms with Crippen LogP contribution in [-0.4, -0.2) is 50.9 Å². The first-order chi connectivity index (χ1) is 8.94. The van der Waals surface area contributed by atoms with E-state index in [0.29, 0.717) is 6.42 Å². The third-order valence-corrected chi connectivity index (χ3v) is 3.66. The number of methoxy groups -OCH3 is 1. The van der Waals surface area contributed by atoms with E-state index in [9.17, 15) is 4.79 Å². The lowest BCUT2D eigenvalue weighted by Gasteiger charge is -2.35. The van der Waals surface area contributed by atoms with Gasteiger partial charge < -0.3 is 15.0 Å². The molecular weight excluding hydrogens is 246 g/mol. The van der Waals surface area contributed by atoms with Gasteiger partial charge in [-0.15, -0.1) is 10.2 Å². The molecule has 1 aromatic rings. The van der Waals surface area contributed by atoms with Gasteiger partial charge in [-0.2, -0.15) is 0 Å². The quantitative estimate of drug-likeness (QED) is 0.758. The van der Waals surface area contributed by atoms with Crippen LogP contribution in [0.5, 0.6) is 0 Å². The Kier molecular flexibility index (Phi) is 3.86. The highest BCUT2D eigenvalue weighted by Crippen LogP contribution is 2.19. The molecule has 2 unspecified atom stereocenters. The highest BCUT2D eigenvalue weighted by Gasteiger charge is 2.34. The molecule has 0 saturated carbocycles. The molecule has 0 bridgehead atoms. The molecule has 2 N–H and O–H groups in total. The van der Waals surface area contributed by atoms with E-state index in [-0.39, 0.29) is 12.0 Å². The monoisotopic (exact) mass is 267 g/mol. The first-order valence-electron chi connectivity index (χ1n) is 6.42. The highest BCUT2D eigenvalue weighted by molar-refractivity contribution is 5.79. The lowest BCUT2D eigenvalue weighted by Crippen LogP contribution is -2.51. The number of aromatic nitrogens is 3. The fraction of sp³-hybridized carbons (Fsp3) is 0.750. The summed E-state index contributed by atoms with van der Waals surface area (Å²) in [6.07, 6.45) is 2.30. The molecule has 19 heavy (non-hydrogen) atoms. The average molecular weight is 267 g/mol. The van der Waals surface area contributed by atoms with Crippen LogP contribution in [0.25, 0.3) is 0 Å². The Bertz CT molecular complexity index is 457. The summed E-state index contributed by atoms with van der Waals surface area (Å²) in [5.41, 5.74) is 5.06. The smallest absolute Gasteiger partial charge is 0.325 e. The van der Waals surface area contributed by atoms with Crippen molar-refractivity contribution in [3.05, 3.63) is 12.2 Å². The largest absolute Gasteiger partial charge is 0.468 e. The second kappa shape index (κ2) is 5.26. The van der Waals surface area contributed by atoms with E-state index in [4.69, 9.17) is 10.5 Å². The molecule has 2 rings (SSSR count). The zero-order valence-electron chi connectivity index (χ0n) is 11.7. The molecule has 7 heteroatoms. The minimum Gasteiger partial charge on any atom is -0.468 e. The van der Waals surface area contributed by atoms with Crippen LogP contribution < -0.4 is 5.73 Å². The maximum absolute atomic E-state index is 11.6. The van der Waals surface area contributed by atoms with Gasteiger partial charge in [0.1, 0.15) is 17.7 Å². The van der Waals surface area contributed by atoms with Crippen LogP contribution in [0.3, 0.4) is 0 Å². The van der Waals surface area contributed by atoms with Crippen LogP contribution in [0.2, 0.25) is 0 Å². The second-order valence-corrected chi connectivity index (χ2v) is 5.37. The van der Waals surface area contributed by atoms with Crippen LogP contribution in [0, 0.1) is 0 Å². The number of carbonyl (C=O) groups is 1. The van der Waals surface area contributed by atoms with Crippen LogP contribution in [-0.2, 0) is 22.6 Å². The molecule has 1 aliphatic rings. The molecule has 2 heterocycles. The van der Waals surface area contributed by atoms with Gasteiger partial charge in [-0.3, -0.25) is 9.69 Å². The van der Waals surface area contributed by atoms with Gasteiger partial charge in [-0.1, -0.05) is 0 Å². The SMILES string of the molecule is COC(=O)C(C)(N)CC(C)N1CCn2cnnc2C1. The number of esters is 1. The van der Waals surface area contributed by atoms with Crippen molar-refractivity contribution in [1.82, 2.24) is 19.7 Å². The normalized spacial score (nSPS) is 20.4. The summed E-state index contributed by atoms with van der Waals surface area (Å²) in [5.74, 6) is 0.578. The standard InChI is InChI=1S/C12H21N5O2/c1-9(6-12(2,13)11(18)19-3)16-4-5-17-8-14-15-10(17)7-16/h8-9H,4-7,13H2,1-3H3. The van der Waals surface area contributed by atoms with E-state index >= 15 is 0 Å². The summed E-state index contributed by atoms with van der Waals surface area (Å²) in [5, 5.41) is 7.99. The van der Waals surface area contributed by atoms with Crippen LogP contribution >= 0.6 is 0 Å². The number of rotatable bonds is 4. The van der Waals surface area contributed by atoms with E-state index in [2.05, 4.69) is 22.0 Å². The Balaban J connectivity index is 1.98. The van der Waals surface area contributed by atoms with Crippen molar-refractivity contribution in [3.63, 3.8) is 0 Å². The number of carbonyl (C=O) groups excluding carboxylic acids is 1. The number of hydrogen-bond donors (Lipinski definition) is 1. The molecule has 0 aromatic carbocycles. The van der Waals surface area contributed by atoms with Crippen molar-refractivity contribution >= 4 is 5.97 Å². The Labute approximate surface area is 112 Å². The summed E-state index contributed by atoms with van der Waals surface area (Å²) in [6, 6.07) is 0.180. The summed E-state index contributed by atoms with van der Waals surface area (Å²) in [4.78, 5) is 13.9. The number of ether oxygens (including phenoxy) is 1. The Hall–Kier alpha value is -1.47. The zero-order chi connectivity index (χ0) is 14.0. The molecular formula is C12H21N5O2. The van der Waals surface area contributed by atoms with Gasteiger partial charge in [0.15, 0.2) is 0 Å². The lowest BCUT2D eigenvalue weighted by atomic mass is 9.94. The summed E-state index contributed by atoms with van der Waals surface area (Å²) >= 11 is 0. The number of fused-ring (bicyclic) bond motifs is 1. The Morgan fingerprint density at radius 1 is 1.63 bits per heavy atom. The molecule has 7 nitrogen and oxygen atoms in total. The molecule has 106 valence electrons. The van der Waals surface area contributed by atoms with E-state index < -0.39 is 5.54 Å². The van der Waals surface area contributed by atoms with Gasteiger partial charge in [-0.05, 0) is 20.3 Å². The molecule has 0 radical (unpaired) electrons. The minimum atomic E-state index is -0.959. The third-order valence-electron chi connectivity index (χ3n) is 3.66. The predicted molar refractivity (Wildman–Crippen MR) is 69.1 cm³/mol. The first-order valence-corrected chi connectivity index (χ1v) is 6.42. The van der Waals surface area contributed by atoms with Crippen LogP contribution in [0.15, 0.2) is 6.33 Å². The van der Waals surface area contributed by atoms with Gasteiger partial charge in [-0.25, -0.2) is 0 Å². The molecule has 0 amide bonds. The molecule has 2 atom stereocenters. The Morgan fingerprint density at radius 3 is 3.05 bits per heavy atom. The molecule has 0 spiro atoms. The zero-order valence-corrected chi connectivity index (χ0v) is 11.7. The van der Waals surface area contributed by atoms with Gasteiger partial charge >= 0.3 is 5.97 Å². The Morgan fingerprint density at radius 2 is 2.37 bits per heavy atom. The number of hydrogen-bond acceptors (Lipinski definition) is 6. The maximum Gasteiger partial charge on any atom is 0.325 e. The van der Waals surface area contributed by atoms with Crippen LogP contribution in [0.4, 0.5) is 0 Å². The summed E-state index contributed by atoms with van der Waals surface area (Å²) in [6.45, 7) is 6.29. The molecule has 0 fully saturated rings. The topological polar surface area (TPSA) is 86.3 Å². The van der Waals surface area contributed by atoms with Crippen molar-refractivity contribution < 1.29 is 9.53 Å². The first kappa shape index (κ1) is 14.0. The maximum atomic E-state index is 11.6. The van der Waals surface area contributed by atoms with Crippen molar-refractivity contribution in [2.24, 2.45) is 5.73 Å². The number of nitrogens with two attached hydrogens (primary N) is 1. The predicted octanol–water partition coefficient (Wildman–Crippen LogP) is -0.237. The summed E-state index contributed by atoms with van der Waals surface area (Å²) < 4.78 is 6.78. The lowest BCUT2D eigenvalue weighted by molar-refractivity contribution is -0.147. The molecule has 0 saturated heterocycles. The van der Waals surface area contributed by atoms with Gasteiger partial charge in [0.25, 0.3) is 0 Å². The fourth-order valence-corrected chi connectivity index (χ4v) is 2.52.